The molecule has 0 saturated carbocycles. The normalized spacial score (nSPS) is 15.3. The Morgan fingerprint density at radius 1 is 1.67 bits per heavy atom. The summed E-state index contributed by atoms with van der Waals surface area (Å²) in [5.74, 6) is 0.703. The van der Waals surface area contributed by atoms with E-state index in [9.17, 15) is 4.79 Å². The predicted octanol–water partition coefficient (Wildman–Crippen LogP) is 1.72. The first kappa shape index (κ1) is 10.2. The number of carbonyl (C=O) groups is 1. The molecule has 15 heavy (non-hydrogen) atoms. The van der Waals surface area contributed by atoms with Gasteiger partial charge in [0.1, 0.15) is 10.8 Å². The molecule has 0 radical (unpaired) electrons. The number of amidine groups is 1. The third kappa shape index (κ3) is 2.18. The van der Waals surface area contributed by atoms with Crippen LogP contribution in [0.3, 0.4) is 0 Å². The molecule has 1 aromatic rings. The third-order valence-electron chi connectivity index (χ3n) is 2.19. The van der Waals surface area contributed by atoms with E-state index in [-0.39, 0.29) is 5.91 Å². The van der Waals surface area contributed by atoms with E-state index in [0.717, 1.165) is 23.8 Å². The lowest BCUT2D eigenvalue weighted by Crippen LogP contribution is -2.26. The Balaban J connectivity index is 2.12. The molecule has 1 aliphatic heterocycles. The van der Waals surface area contributed by atoms with Crippen LogP contribution < -0.4 is 10.3 Å². The van der Waals surface area contributed by atoms with Crippen molar-refractivity contribution in [1.29, 1.82) is 0 Å². The van der Waals surface area contributed by atoms with E-state index >= 15 is 0 Å². The van der Waals surface area contributed by atoms with Crippen LogP contribution in [0.25, 0.3) is 0 Å². The number of hydrogen-bond acceptors (Lipinski definition) is 4. The van der Waals surface area contributed by atoms with Gasteiger partial charge < -0.3 is 5.32 Å². The van der Waals surface area contributed by atoms with Crippen molar-refractivity contribution in [3.63, 3.8) is 0 Å². The third-order valence-corrected chi connectivity index (χ3v) is 3.22. The van der Waals surface area contributed by atoms with Gasteiger partial charge in [-0.3, -0.25) is 9.80 Å². The van der Waals surface area contributed by atoms with Gasteiger partial charge in [0.05, 0.1) is 0 Å². The first-order valence-electron chi connectivity index (χ1n) is 4.83. The Morgan fingerprint density at radius 2 is 2.47 bits per heavy atom. The summed E-state index contributed by atoms with van der Waals surface area (Å²) in [6, 6.07) is 2.08. The number of aryl methyl sites for hydroxylation is 1. The number of thiophene rings is 1. The van der Waals surface area contributed by atoms with E-state index in [4.69, 9.17) is 0 Å². The summed E-state index contributed by atoms with van der Waals surface area (Å²) in [5, 5.41) is 12.3. The Bertz CT molecular complexity index is 411. The summed E-state index contributed by atoms with van der Waals surface area (Å²) in [6.07, 6.45) is 0.803. The predicted molar refractivity (Wildman–Crippen MR) is 62.3 cm³/mol. The van der Waals surface area contributed by atoms with Crippen LogP contribution in [0.1, 0.15) is 18.9 Å². The maximum atomic E-state index is 10.9. The zero-order valence-corrected chi connectivity index (χ0v) is 9.60. The second-order valence-electron chi connectivity index (χ2n) is 3.51. The first-order chi connectivity index (χ1) is 7.16. The summed E-state index contributed by atoms with van der Waals surface area (Å²) in [7, 11) is 0. The second-order valence-corrected chi connectivity index (χ2v) is 4.40. The molecule has 0 fully saturated rings. The Labute approximate surface area is 92.6 Å². The number of hydrogen-bond donors (Lipinski definition) is 1. The molecule has 0 bridgehead atoms. The largest absolute Gasteiger partial charge is 0.313 e. The van der Waals surface area contributed by atoms with Gasteiger partial charge in [0.15, 0.2) is 0 Å². The molecule has 0 atom stereocenters. The average Bonchev–Trinajstić information content (AvgIpc) is 2.72. The second kappa shape index (κ2) is 4.02. The van der Waals surface area contributed by atoms with Crippen LogP contribution in [-0.2, 0) is 4.79 Å². The molecule has 0 unspecified atom stereocenters. The number of amides is 1. The van der Waals surface area contributed by atoms with Crippen LogP contribution in [0.5, 0.6) is 0 Å². The van der Waals surface area contributed by atoms with Crippen LogP contribution in [-0.4, -0.2) is 18.3 Å². The van der Waals surface area contributed by atoms with Crippen LogP contribution in [0, 0.1) is 6.92 Å². The van der Waals surface area contributed by atoms with Crippen molar-refractivity contribution in [2.75, 3.05) is 11.6 Å². The van der Waals surface area contributed by atoms with Crippen LogP contribution >= 0.6 is 11.3 Å². The van der Waals surface area contributed by atoms with Crippen molar-refractivity contribution in [3.05, 3.63) is 17.0 Å². The molecular weight excluding hydrogens is 210 g/mol. The molecule has 0 aromatic carbocycles. The van der Waals surface area contributed by atoms with Crippen LogP contribution in [0.4, 0.5) is 5.00 Å². The lowest BCUT2D eigenvalue weighted by molar-refractivity contribution is -0.117. The lowest BCUT2D eigenvalue weighted by atomic mass is 10.3. The molecule has 1 N–H and O–H groups in total. The zero-order chi connectivity index (χ0) is 10.8. The van der Waals surface area contributed by atoms with E-state index < -0.39 is 0 Å². The van der Waals surface area contributed by atoms with Gasteiger partial charge in [-0.15, -0.1) is 11.3 Å². The van der Waals surface area contributed by atoms with Gasteiger partial charge in [0.2, 0.25) is 5.91 Å². The fourth-order valence-electron chi connectivity index (χ4n) is 1.52. The molecule has 2 rings (SSSR count). The molecule has 4 nitrogen and oxygen atoms in total. The fraction of sp³-hybridized carbons (Fsp3) is 0.400. The number of nitrogens with zero attached hydrogens (tertiary/aromatic N) is 2. The number of carbonyl (C=O) groups excluding carboxylic acids is 1. The summed E-state index contributed by atoms with van der Waals surface area (Å²) in [5.41, 5.74) is 1.23. The number of rotatable bonds is 1. The van der Waals surface area contributed by atoms with Gasteiger partial charge in [-0.2, -0.15) is 5.10 Å². The maximum Gasteiger partial charge on any atom is 0.222 e. The van der Waals surface area contributed by atoms with Gasteiger partial charge in [0, 0.05) is 19.9 Å². The molecule has 1 aliphatic rings. The average molecular weight is 223 g/mol. The minimum atomic E-state index is -0.0569. The van der Waals surface area contributed by atoms with E-state index in [0.29, 0.717) is 0 Å². The maximum absolute atomic E-state index is 10.9. The van der Waals surface area contributed by atoms with E-state index in [2.05, 4.69) is 28.8 Å². The molecule has 2 heterocycles. The van der Waals surface area contributed by atoms with Crippen molar-refractivity contribution in [2.24, 2.45) is 5.10 Å². The highest BCUT2D eigenvalue weighted by molar-refractivity contribution is 7.14. The standard InChI is InChI=1S/C10H13N3OS/c1-7-4-6-15-10(7)13-5-3-9(12-13)11-8(2)14/h4,6H,3,5H2,1-2H3,(H,11,12,14). The summed E-state index contributed by atoms with van der Waals surface area (Å²) in [4.78, 5) is 10.9. The SMILES string of the molecule is CC(=O)NC1=NN(c2sccc2C)CC1. The minimum Gasteiger partial charge on any atom is -0.313 e. The monoisotopic (exact) mass is 223 g/mol. The van der Waals surface area contributed by atoms with Crippen molar-refractivity contribution in [3.8, 4) is 0 Å². The van der Waals surface area contributed by atoms with Gasteiger partial charge in [-0.1, -0.05) is 0 Å². The van der Waals surface area contributed by atoms with Gasteiger partial charge >= 0.3 is 0 Å². The first-order valence-corrected chi connectivity index (χ1v) is 5.71. The minimum absolute atomic E-state index is 0.0569. The van der Waals surface area contributed by atoms with E-state index in [1.807, 2.05) is 5.01 Å². The molecule has 0 aliphatic carbocycles. The summed E-state index contributed by atoms with van der Waals surface area (Å²) < 4.78 is 0. The van der Waals surface area contributed by atoms with Crippen molar-refractivity contribution < 1.29 is 4.79 Å². The summed E-state index contributed by atoms with van der Waals surface area (Å²) >= 11 is 1.67. The van der Waals surface area contributed by atoms with Gasteiger partial charge in [0.25, 0.3) is 0 Å². The highest BCUT2D eigenvalue weighted by Gasteiger charge is 2.18. The molecule has 1 aromatic heterocycles. The highest BCUT2D eigenvalue weighted by Crippen LogP contribution is 2.28. The van der Waals surface area contributed by atoms with Crippen LogP contribution in [0.15, 0.2) is 16.5 Å². The van der Waals surface area contributed by atoms with Crippen molar-refractivity contribution in [2.45, 2.75) is 20.3 Å². The number of anilines is 1. The molecular formula is C10H13N3OS. The Hall–Kier alpha value is -1.36. The highest BCUT2D eigenvalue weighted by atomic mass is 32.1. The lowest BCUT2D eigenvalue weighted by Gasteiger charge is -2.11. The van der Waals surface area contributed by atoms with Gasteiger partial charge in [-0.05, 0) is 23.9 Å². The van der Waals surface area contributed by atoms with Crippen LogP contribution in [0.2, 0.25) is 0 Å². The van der Waals surface area contributed by atoms with E-state index in [1.165, 1.54) is 12.5 Å². The zero-order valence-electron chi connectivity index (χ0n) is 8.78. The Morgan fingerprint density at radius 3 is 3.07 bits per heavy atom. The molecule has 80 valence electrons. The van der Waals surface area contributed by atoms with Crippen molar-refractivity contribution in [1.82, 2.24) is 5.32 Å². The number of nitrogens with one attached hydrogen (secondary N) is 1. The molecule has 0 saturated heterocycles. The molecule has 0 spiro atoms. The topological polar surface area (TPSA) is 44.7 Å². The smallest absolute Gasteiger partial charge is 0.222 e. The van der Waals surface area contributed by atoms with E-state index in [1.54, 1.807) is 11.3 Å². The molecule has 5 heteroatoms. The summed E-state index contributed by atoms with van der Waals surface area (Å²) in [6.45, 7) is 4.41. The molecule has 1 amide bonds. The fourth-order valence-corrected chi connectivity index (χ4v) is 2.43. The number of hydrazone groups is 1. The van der Waals surface area contributed by atoms with Gasteiger partial charge in [-0.25, -0.2) is 0 Å². The quantitative estimate of drug-likeness (QED) is 0.787. The Kier molecular flexibility index (Phi) is 2.73. The van der Waals surface area contributed by atoms with Crippen molar-refractivity contribution >= 4 is 28.1 Å².